The first-order valence-electron chi connectivity index (χ1n) is 7.39. The summed E-state index contributed by atoms with van der Waals surface area (Å²) in [7, 11) is 0. The van der Waals surface area contributed by atoms with E-state index in [0.29, 0.717) is 6.01 Å². The van der Waals surface area contributed by atoms with Gasteiger partial charge in [0, 0.05) is 18.8 Å². The molecule has 0 atom stereocenters. The van der Waals surface area contributed by atoms with Crippen molar-refractivity contribution in [2.45, 2.75) is 32.7 Å². The number of nitrogens with zero attached hydrogens (tertiary/aromatic N) is 2. The van der Waals surface area contributed by atoms with E-state index in [1.54, 1.807) is 6.26 Å². The van der Waals surface area contributed by atoms with Gasteiger partial charge in [0.25, 0.3) is 0 Å². The normalized spacial score (nSPS) is 14.9. The Hall–Kier alpha value is -1.81. The van der Waals surface area contributed by atoms with E-state index in [0.717, 1.165) is 31.7 Å². The predicted molar refractivity (Wildman–Crippen MR) is 80.3 cm³/mol. The van der Waals surface area contributed by atoms with Gasteiger partial charge in [0.1, 0.15) is 6.26 Å². The van der Waals surface area contributed by atoms with Crippen LogP contribution in [0.25, 0.3) is 0 Å². The molecule has 4 nitrogen and oxygen atoms in total. The van der Waals surface area contributed by atoms with Crippen molar-refractivity contribution in [3.8, 4) is 0 Å². The van der Waals surface area contributed by atoms with Crippen molar-refractivity contribution >= 4 is 11.7 Å². The fraction of sp³-hybridized carbons (Fsp3) is 0.438. The molecule has 0 radical (unpaired) electrons. The van der Waals surface area contributed by atoms with Gasteiger partial charge in [-0.1, -0.05) is 25.1 Å². The lowest BCUT2D eigenvalue weighted by atomic mass is 10.1. The van der Waals surface area contributed by atoms with Crippen molar-refractivity contribution in [2.75, 3.05) is 18.0 Å². The fourth-order valence-electron chi connectivity index (χ4n) is 2.64. The lowest BCUT2D eigenvalue weighted by Gasteiger charge is -2.20. The summed E-state index contributed by atoms with van der Waals surface area (Å²) in [5, 5.41) is 3.27. The van der Waals surface area contributed by atoms with Gasteiger partial charge >= 0.3 is 6.01 Å². The Balaban J connectivity index is 1.87. The largest absolute Gasteiger partial charge is 0.431 e. The third kappa shape index (κ3) is 2.70. The number of anilines is 2. The maximum absolute atomic E-state index is 5.69. The molecule has 1 aliphatic rings. The van der Waals surface area contributed by atoms with Crippen LogP contribution in [0.3, 0.4) is 0 Å². The Kier molecular flexibility index (Phi) is 4.02. The molecule has 0 amide bonds. The highest BCUT2D eigenvalue weighted by Gasteiger charge is 2.20. The molecule has 0 fully saturated rings. The number of hydrogen-bond donors (Lipinski definition) is 1. The summed E-state index contributed by atoms with van der Waals surface area (Å²) < 4.78 is 5.69. The molecule has 4 heteroatoms. The van der Waals surface area contributed by atoms with E-state index in [1.165, 1.54) is 24.1 Å². The minimum Gasteiger partial charge on any atom is -0.431 e. The van der Waals surface area contributed by atoms with E-state index in [1.807, 2.05) is 0 Å². The zero-order chi connectivity index (χ0) is 13.8. The van der Waals surface area contributed by atoms with Crippen LogP contribution in [0, 0.1) is 0 Å². The van der Waals surface area contributed by atoms with Crippen LogP contribution in [0.1, 0.15) is 31.0 Å². The highest BCUT2D eigenvalue weighted by atomic mass is 16.4. The van der Waals surface area contributed by atoms with Gasteiger partial charge in [0.15, 0.2) is 0 Å². The van der Waals surface area contributed by atoms with E-state index in [-0.39, 0.29) is 0 Å². The second-order valence-corrected chi connectivity index (χ2v) is 5.14. The van der Waals surface area contributed by atoms with Crippen molar-refractivity contribution < 1.29 is 4.42 Å². The molecule has 20 heavy (non-hydrogen) atoms. The molecule has 0 spiro atoms. The summed E-state index contributed by atoms with van der Waals surface area (Å²) in [6.45, 7) is 4.76. The van der Waals surface area contributed by atoms with Crippen molar-refractivity contribution in [3.05, 3.63) is 41.8 Å². The van der Waals surface area contributed by atoms with Crippen LogP contribution in [-0.4, -0.2) is 18.1 Å². The van der Waals surface area contributed by atoms with Crippen LogP contribution in [0.4, 0.5) is 11.7 Å². The Morgan fingerprint density at radius 2 is 2.20 bits per heavy atom. The highest BCUT2D eigenvalue weighted by Crippen LogP contribution is 2.31. The first kappa shape index (κ1) is 13.2. The number of nitrogens with one attached hydrogen (secondary N) is 1. The summed E-state index contributed by atoms with van der Waals surface area (Å²) in [6.07, 6.45) is 5.28. The first-order valence-corrected chi connectivity index (χ1v) is 7.39. The third-order valence-corrected chi connectivity index (χ3v) is 3.69. The molecule has 0 saturated carbocycles. The topological polar surface area (TPSA) is 41.3 Å². The van der Waals surface area contributed by atoms with Gasteiger partial charge in [0.2, 0.25) is 0 Å². The summed E-state index contributed by atoms with van der Waals surface area (Å²) in [6, 6.07) is 9.27. The van der Waals surface area contributed by atoms with Crippen LogP contribution in [-0.2, 0) is 13.0 Å². The third-order valence-electron chi connectivity index (χ3n) is 3.69. The summed E-state index contributed by atoms with van der Waals surface area (Å²) in [5.41, 5.74) is 3.59. The number of oxazole rings is 1. The monoisotopic (exact) mass is 271 g/mol. The van der Waals surface area contributed by atoms with E-state index in [4.69, 9.17) is 4.42 Å². The van der Waals surface area contributed by atoms with E-state index >= 15 is 0 Å². The molecular formula is C16H21N3O. The Morgan fingerprint density at radius 1 is 1.30 bits per heavy atom. The molecule has 1 aliphatic heterocycles. The lowest BCUT2D eigenvalue weighted by molar-refractivity contribution is 0.548. The van der Waals surface area contributed by atoms with Crippen LogP contribution >= 0.6 is 0 Å². The zero-order valence-corrected chi connectivity index (χ0v) is 11.9. The molecule has 106 valence electrons. The van der Waals surface area contributed by atoms with E-state index in [9.17, 15) is 0 Å². The summed E-state index contributed by atoms with van der Waals surface area (Å²) in [4.78, 5) is 6.81. The van der Waals surface area contributed by atoms with Gasteiger partial charge < -0.3 is 9.73 Å². The average Bonchev–Trinajstić information content (AvgIpc) is 2.84. The van der Waals surface area contributed by atoms with Crippen LogP contribution in [0.5, 0.6) is 0 Å². The molecule has 3 rings (SSSR count). The number of benzene rings is 1. The minimum atomic E-state index is 0.715. The maximum Gasteiger partial charge on any atom is 0.302 e. The van der Waals surface area contributed by atoms with Gasteiger partial charge in [-0.3, -0.25) is 4.90 Å². The summed E-state index contributed by atoms with van der Waals surface area (Å²) >= 11 is 0. The number of para-hydroxylation sites is 1. The van der Waals surface area contributed by atoms with Gasteiger partial charge in [-0.25, -0.2) is 0 Å². The van der Waals surface area contributed by atoms with Crippen molar-refractivity contribution in [2.24, 2.45) is 0 Å². The quantitative estimate of drug-likeness (QED) is 0.926. The maximum atomic E-state index is 5.69. The van der Waals surface area contributed by atoms with Crippen molar-refractivity contribution in [3.63, 3.8) is 0 Å². The Morgan fingerprint density at radius 3 is 3.10 bits per heavy atom. The number of fused-ring (bicyclic) bond motifs is 1. The zero-order valence-electron chi connectivity index (χ0n) is 11.9. The van der Waals surface area contributed by atoms with Crippen LogP contribution in [0.15, 0.2) is 34.9 Å². The van der Waals surface area contributed by atoms with E-state index in [2.05, 4.69) is 46.4 Å². The first-order chi connectivity index (χ1) is 9.88. The predicted octanol–water partition coefficient (Wildman–Crippen LogP) is 3.26. The Labute approximate surface area is 119 Å². The van der Waals surface area contributed by atoms with Crippen LogP contribution in [0.2, 0.25) is 0 Å². The molecule has 0 unspecified atom stereocenters. The molecule has 0 bridgehead atoms. The molecule has 1 aromatic heterocycles. The number of aromatic nitrogens is 1. The molecule has 0 aliphatic carbocycles. The average molecular weight is 271 g/mol. The molecule has 1 N–H and O–H groups in total. The number of hydrogen-bond acceptors (Lipinski definition) is 4. The standard InChI is InChI=1S/C16H21N3O/c1-2-17-11-14-12-20-16(18-14)19-10-6-5-8-13-7-3-4-9-15(13)19/h3-4,7,9,12,17H,2,5-6,8,10-11H2,1H3. The Bertz CT molecular complexity index is 564. The SMILES string of the molecule is CCNCc1coc(N2CCCCc3ccccc32)n1. The molecule has 2 aromatic rings. The highest BCUT2D eigenvalue weighted by molar-refractivity contribution is 5.61. The van der Waals surface area contributed by atoms with Crippen molar-refractivity contribution in [1.29, 1.82) is 0 Å². The smallest absolute Gasteiger partial charge is 0.302 e. The second-order valence-electron chi connectivity index (χ2n) is 5.14. The van der Waals surface area contributed by atoms with Crippen LogP contribution < -0.4 is 10.2 Å². The van der Waals surface area contributed by atoms with Gasteiger partial charge in [0.05, 0.1) is 5.69 Å². The lowest BCUT2D eigenvalue weighted by Crippen LogP contribution is -2.18. The molecule has 0 saturated heterocycles. The number of rotatable bonds is 4. The van der Waals surface area contributed by atoms with Gasteiger partial charge in [-0.05, 0) is 37.4 Å². The number of aryl methyl sites for hydroxylation is 1. The molecular weight excluding hydrogens is 250 g/mol. The molecule has 2 heterocycles. The second kappa shape index (κ2) is 6.09. The van der Waals surface area contributed by atoms with E-state index < -0.39 is 0 Å². The molecule has 1 aromatic carbocycles. The summed E-state index contributed by atoms with van der Waals surface area (Å²) in [5.74, 6) is 0. The van der Waals surface area contributed by atoms with Gasteiger partial charge in [-0.15, -0.1) is 0 Å². The van der Waals surface area contributed by atoms with Crippen molar-refractivity contribution in [1.82, 2.24) is 10.3 Å². The minimum absolute atomic E-state index is 0.715. The fourth-order valence-corrected chi connectivity index (χ4v) is 2.64. The van der Waals surface area contributed by atoms with Gasteiger partial charge in [-0.2, -0.15) is 4.98 Å².